The Kier molecular flexibility index (Phi) is 7.02. The van der Waals surface area contributed by atoms with E-state index in [1.807, 2.05) is 0 Å². The fourth-order valence-electron chi connectivity index (χ4n) is 3.98. The molecule has 1 heterocycles. The molecule has 8 nitrogen and oxygen atoms in total. The van der Waals surface area contributed by atoms with Crippen molar-refractivity contribution < 1.29 is 41.8 Å². The summed E-state index contributed by atoms with van der Waals surface area (Å²) in [6.07, 6.45) is -3.74. The van der Waals surface area contributed by atoms with Crippen molar-refractivity contribution in [1.82, 2.24) is 10.3 Å². The van der Waals surface area contributed by atoms with Gasteiger partial charge in [0.15, 0.2) is 5.41 Å². The number of aliphatic carboxylic acids is 1. The number of halogens is 5. The number of hydrogen-bond donors (Lipinski definition) is 3. The Bertz CT molecular complexity index is 1450. The molecule has 13 heteroatoms. The molecule has 0 aliphatic heterocycles. The monoisotopic (exact) mass is 551 g/mol. The third kappa shape index (κ3) is 5.12. The summed E-state index contributed by atoms with van der Waals surface area (Å²) in [5.74, 6) is -4.96. The molecule has 38 heavy (non-hydrogen) atoms. The molecule has 3 N–H and O–H groups in total. The summed E-state index contributed by atoms with van der Waals surface area (Å²) in [6, 6.07) is 9.06. The van der Waals surface area contributed by atoms with Crippen LogP contribution in [-0.2, 0) is 15.8 Å². The van der Waals surface area contributed by atoms with Crippen LogP contribution in [0.15, 0.2) is 54.7 Å². The number of anilines is 1. The minimum atomic E-state index is -4.77. The predicted octanol–water partition coefficient (Wildman–Crippen LogP) is 5.24. The lowest BCUT2D eigenvalue weighted by molar-refractivity contribution is -0.147. The molecule has 2 aromatic carbocycles. The molecule has 2 atom stereocenters. The van der Waals surface area contributed by atoms with Crippen molar-refractivity contribution in [3.8, 4) is 11.5 Å². The summed E-state index contributed by atoms with van der Waals surface area (Å²) in [7, 11) is 1.42. The molecule has 0 spiro atoms. The molecule has 0 saturated heterocycles. The number of carbonyl (C=O) groups excluding carboxylic acids is 2. The maximum atomic E-state index is 14.8. The van der Waals surface area contributed by atoms with E-state index in [0.29, 0.717) is 6.07 Å². The summed E-state index contributed by atoms with van der Waals surface area (Å²) < 4.78 is 60.0. The number of carboxylic acid groups (broad SMARTS) is 1. The highest BCUT2D eigenvalue weighted by atomic mass is 35.5. The average Bonchev–Trinajstić information content (AvgIpc) is 3.62. The first kappa shape index (κ1) is 26.9. The molecule has 198 valence electrons. The smallest absolute Gasteiger partial charge is 0.417 e. The number of ether oxygens (including phenoxy) is 1. The second-order valence-electron chi connectivity index (χ2n) is 8.42. The van der Waals surface area contributed by atoms with Gasteiger partial charge in [0.1, 0.15) is 23.0 Å². The summed E-state index contributed by atoms with van der Waals surface area (Å²) >= 11 is 5.63. The van der Waals surface area contributed by atoms with Crippen LogP contribution in [0.1, 0.15) is 34.0 Å². The van der Waals surface area contributed by atoms with Gasteiger partial charge in [-0.2, -0.15) is 13.2 Å². The normalized spacial score (nSPS) is 18.4. The molecule has 2 unspecified atom stereocenters. The number of carboxylic acids is 1. The molecule has 0 radical (unpaired) electrons. The van der Waals surface area contributed by atoms with Crippen LogP contribution in [0.25, 0.3) is 0 Å². The lowest BCUT2D eigenvalue weighted by atomic mass is 9.96. The van der Waals surface area contributed by atoms with Crippen LogP contribution in [0.2, 0.25) is 5.02 Å². The number of alkyl halides is 3. The van der Waals surface area contributed by atoms with Gasteiger partial charge >= 0.3 is 12.1 Å². The van der Waals surface area contributed by atoms with Gasteiger partial charge in [-0.15, -0.1) is 0 Å². The zero-order chi connectivity index (χ0) is 27.8. The molecule has 2 amide bonds. The van der Waals surface area contributed by atoms with Crippen LogP contribution in [0, 0.1) is 11.2 Å². The minimum absolute atomic E-state index is 0.00708. The summed E-state index contributed by atoms with van der Waals surface area (Å²) in [5, 5.41) is 13.8. The number of rotatable bonds is 7. The van der Waals surface area contributed by atoms with Gasteiger partial charge in [-0.25, -0.2) is 4.39 Å². The van der Waals surface area contributed by atoms with Gasteiger partial charge in [0.25, 0.3) is 5.91 Å². The molecule has 4 rings (SSSR count). The molecule has 1 aliphatic rings. The van der Waals surface area contributed by atoms with Crippen molar-refractivity contribution in [1.29, 1.82) is 0 Å². The van der Waals surface area contributed by atoms with Crippen molar-refractivity contribution >= 4 is 35.1 Å². The molecule has 3 aromatic rings. The van der Waals surface area contributed by atoms with Crippen molar-refractivity contribution in [3.05, 3.63) is 82.4 Å². The van der Waals surface area contributed by atoms with E-state index < -0.39 is 51.7 Å². The number of aromatic nitrogens is 1. The third-order valence-corrected chi connectivity index (χ3v) is 6.39. The van der Waals surface area contributed by atoms with Crippen molar-refractivity contribution in [2.24, 2.45) is 5.41 Å². The fourth-order valence-corrected chi connectivity index (χ4v) is 4.21. The van der Waals surface area contributed by atoms with Gasteiger partial charge < -0.3 is 20.5 Å². The van der Waals surface area contributed by atoms with Crippen LogP contribution in [0.3, 0.4) is 0 Å². The second-order valence-corrected chi connectivity index (χ2v) is 8.83. The number of carbonyl (C=O) groups is 3. The Hall–Kier alpha value is -4.19. The summed E-state index contributed by atoms with van der Waals surface area (Å²) in [6.45, 7) is 0. The fraction of sp³-hybridized carbons (Fsp3) is 0.200. The van der Waals surface area contributed by atoms with E-state index in [-0.39, 0.29) is 34.9 Å². The molecular formula is C25H18ClF4N3O5. The summed E-state index contributed by atoms with van der Waals surface area (Å²) in [4.78, 5) is 40.6. The first-order valence-electron chi connectivity index (χ1n) is 10.9. The topological polar surface area (TPSA) is 118 Å². The highest BCUT2D eigenvalue weighted by molar-refractivity contribution is 6.31. The maximum absolute atomic E-state index is 14.8. The van der Waals surface area contributed by atoms with Crippen molar-refractivity contribution in [2.45, 2.75) is 18.5 Å². The Balaban J connectivity index is 1.52. The van der Waals surface area contributed by atoms with Gasteiger partial charge in [-0.1, -0.05) is 17.7 Å². The largest absolute Gasteiger partial charge is 0.480 e. The quantitative estimate of drug-likeness (QED) is 0.273. The number of benzene rings is 2. The SMILES string of the molecule is CNC(=O)c1cc(Oc2ccc(NC(=O)C3(C(=O)O)CC3c3ccc(Cl)c(C(F)(F)F)c3)c(F)c2)ccn1. The predicted molar refractivity (Wildman–Crippen MR) is 127 cm³/mol. The number of pyridine rings is 1. The summed E-state index contributed by atoms with van der Waals surface area (Å²) in [5.41, 5.74) is -3.57. The zero-order valence-corrected chi connectivity index (χ0v) is 20.2. The van der Waals surface area contributed by atoms with E-state index in [1.165, 1.54) is 37.5 Å². The Morgan fingerprint density at radius 1 is 1.11 bits per heavy atom. The van der Waals surface area contributed by atoms with Crippen LogP contribution in [0.4, 0.5) is 23.2 Å². The molecule has 1 saturated carbocycles. The number of nitrogens with zero attached hydrogens (tertiary/aromatic N) is 1. The molecular weight excluding hydrogens is 534 g/mol. The molecule has 0 bridgehead atoms. The van der Waals surface area contributed by atoms with E-state index >= 15 is 0 Å². The number of amides is 2. The van der Waals surface area contributed by atoms with Gasteiger partial charge in [0.2, 0.25) is 5.91 Å². The highest BCUT2D eigenvalue weighted by Crippen LogP contribution is 2.60. The van der Waals surface area contributed by atoms with Crippen LogP contribution >= 0.6 is 11.6 Å². The van der Waals surface area contributed by atoms with Gasteiger partial charge in [-0.3, -0.25) is 19.4 Å². The lowest BCUT2D eigenvalue weighted by Crippen LogP contribution is -2.33. The highest BCUT2D eigenvalue weighted by Gasteiger charge is 2.67. The minimum Gasteiger partial charge on any atom is -0.480 e. The van der Waals surface area contributed by atoms with E-state index in [1.54, 1.807) is 0 Å². The van der Waals surface area contributed by atoms with Crippen LogP contribution in [-0.4, -0.2) is 34.9 Å². The van der Waals surface area contributed by atoms with Crippen molar-refractivity contribution in [2.75, 3.05) is 12.4 Å². The standard InChI is InChI=1S/C25H18ClF4N3O5/c1-31-21(34)20-10-14(6-7-32-20)38-13-3-5-19(18(27)9-13)33-22(35)24(23(36)37)11-16(24)12-2-4-17(26)15(8-12)25(28,29)30/h2-10,16H,11H2,1H3,(H,31,34)(H,33,35)(H,36,37). The van der Waals surface area contributed by atoms with E-state index in [9.17, 15) is 37.1 Å². The van der Waals surface area contributed by atoms with Crippen molar-refractivity contribution in [3.63, 3.8) is 0 Å². The van der Waals surface area contributed by atoms with Gasteiger partial charge in [-0.05, 0) is 42.3 Å². The molecule has 1 aromatic heterocycles. The molecule has 1 fully saturated rings. The van der Waals surface area contributed by atoms with E-state index in [2.05, 4.69) is 15.6 Å². The van der Waals surface area contributed by atoms with E-state index in [0.717, 1.165) is 18.2 Å². The maximum Gasteiger partial charge on any atom is 0.417 e. The number of hydrogen-bond acceptors (Lipinski definition) is 5. The Labute approximate surface area is 217 Å². The molecule has 1 aliphatic carbocycles. The van der Waals surface area contributed by atoms with Gasteiger partial charge in [0, 0.05) is 31.3 Å². The zero-order valence-electron chi connectivity index (χ0n) is 19.4. The first-order valence-corrected chi connectivity index (χ1v) is 11.3. The van der Waals surface area contributed by atoms with E-state index in [4.69, 9.17) is 16.3 Å². The lowest BCUT2D eigenvalue weighted by Gasteiger charge is -2.16. The number of nitrogens with one attached hydrogen (secondary N) is 2. The Morgan fingerprint density at radius 2 is 1.82 bits per heavy atom. The van der Waals surface area contributed by atoms with Crippen LogP contribution in [0.5, 0.6) is 11.5 Å². The first-order chi connectivity index (χ1) is 17.9. The third-order valence-electron chi connectivity index (χ3n) is 6.06. The van der Waals surface area contributed by atoms with Gasteiger partial charge in [0.05, 0.1) is 16.3 Å². The second kappa shape index (κ2) is 9.93. The average molecular weight is 552 g/mol. The van der Waals surface area contributed by atoms with Crippen LogP contribution < -0.4 is 15.4 Å². The Morgan fingerprint density at radius 3 is 2.45 bits per heavy atom.